The van der Waals surface area contributed by atoms with E-state index in [9.17, 15) is 4.79 Å². The molecule has 0 spiro atoms. The lowest BCUT2D eigenvalue weighted by Crippen LogP contribution is -2.29. The number of amides is 1. The Morgan fingerprint density at radius 1 is 1.16 bits per heavy atom. The molecule has 132 valence electrons. The normalized spacial score (nSPS) is 15.3. The number of anilines is 2. The summed E-state index contributed by atoms with van der Waals surface area (Å²) in [5, 5.41) is 3.22. The lowest BCUT2D eigenvalue weighted by molar-refractivity contribution is 0.0995. The Balaban J connectivity index is 1.72. The summed E-state index contributed by atoms with van der Waals surface area (Å²) in [7, 11) is 0. The molecule has 3 rings (SSSR count). The maximum Gasteiger partial charge on any atom is 0.268 e. The summed E-state index contributed by atoms with van der Waals surface area (Å²) in [5.74, 6) is 0.966. The van der Waals surface area contributed by atoms with Gasteiger partial charge in [-0.1, -0.05) is 25.3 Å². The van der Waals surface area contributed by atoms with Crippen molar-refractivity contribution in [2.45, 2.75) is 38.6 Å². The second-order valence-electron chi connectivity index (χ2n) is 6.25. The molecule has 0 radical (unpaired) electrons. The summed E-state index contributed by atoms with van der Waals surface area (Å²) in [5.41, 5.74) is 6.51. The first kappa shape index (κ1) is 17.1. The Morgan fingerprint density at radius 3 is 2.68 bits per heavy atom. The third kappa shape index (κ3) is 4.65. The van der Waals surface area contributed by atoms with E-state index < -0.39 is 5.91 Å². The van der Waals surface area contributed by atoms with Crippen LogP contribution in [0.3, 0.4) is 0 Å². The van der Waals surface area contributed by atoms with Crippen molar-refractivity contribution in [1.82, 2.24) is 15.0 Å². The van der Waals surface area contributed by atoms with E-state index in [4.69, 9.17) is 5.73 Å². The van der Waals surface area contributed by atoms with Gasteiger partial charge in [-0.25, -0.2) is 9.97 Å². The molecule has 3 N–H and O–H groups in total. The van der Waals surface area contributed by atoms with Crippen molar-refractivity contribution >= 4 is 17.5 Å². The summed E-state index contributed by atoms with van der Waals surface area (Å²) in [4.78, 5) is 26.4. The minimum atomic E-state index is -0.584. The van der Waals surface area contributed by atoms with Crippen molar-refractivity contribution in [3.8, 4) is 0 Å². The van der Waals surface area contributed by atoms with E-state index in [1.807, 2.05) is 12.3 Å². The number of pyridine rings is 1. The quantitative estimate of drug-likeness (QED) is 0.867. The van der Waals surface area contributed by atoms with Crippen molar-refractivity contribution in [2.75, 3.05) is 23.3 Å². The summed E-state index contributed by atoms with van der Waals surface area (Å²) in [6, 6.07) is 4.01. The fraction of sp³-hybridized carbons (Fsp3) is 0.444. The first-order valence-corrected chi connectivity index (χ1v) is 8.78. The molecule has 1 amide bonds. The third-order valence-electron chi connectivity index (χ3n) is 4.37. The Morgan fingerprint density at radius 2 is 1.92 bits per heavy atom. The Bertz CT molecular complexity index is 712. The van der Waals surface area contributed by atoms with Crippen molar-refractivity contribution < 1.29 is 4.79 Å². The second-order valence-corrected chi connectivity index (χ2v) is 6.25. The van der Waals surface area contributed by atoms with Gasteiger partial charge in [0.1, 0.15) is 17.3 Å². The minimum Gasteiger partial charge on any atom is -0.365 e. The molecule has 0 saturated carbocycles. The maximum atomic E-state index is 11.2. The van der Waals surface area contributed by atoms with E-state index >= 15 is 0 Å². The van der Waals surface area contributed by atoms with Crippen LogP contribution in [0.4, 0.5) is 11.6 Å². The van der Waals surface area contributed by atoms with Crippen LogP contribution in [0.25, 0.3) is 0 Å². The zero-order valence-electron chi connectivity index (χ0n) is 14.3. The summed E-state index contributed by atoms with van der Waals surface area (Å²) < 4.78 is 0. The SMILES string of the molecule is NC(=O)c1cncc(NCc2cccnc2N2CCCCCCC2)n1. The molecule has 2 aromatic rings. The first-order chi connectivity index (χ1) is 12.2. The van der Waals surface area contributed by atoms with Gasteiger partial charge in [-0.15, -0.1) is 0 Å². The van der Waals surface area contributed by atoms with Gasteiger partial charge in [-0.2, -0.15) is 0 Å². The predicted molar refractivity (Wildman–Crippen MR) is 97.4 cm³/mol. The van der Waals surface area contributed by atoms with Gasteiger partial charge in [-0.05, 0) is 18.9 Å². The zero-order chi connectivity index (χ0) is 17.5. The number of hydrogen-bond acceptors (Lipinski definition) is 6. The van der Waals surface area contributed by atoms with Crippen LogP contribution >= 0.6 is 0 Å². The van der Waals surface area contributed by atoms with Crippen LogP contribution < -0.4 is 16.0 Å². The predicted octanol–water partition coefficient (Wildman–Crippen LogP) is 2.35. The lowest BCUT2D eigenvalue weighted by Gasteiger charge is -2.27. The maximum absolute atomic E-state index is 11.2. The van der Waals surface area contributed by atoms with Gasteiger partial charge in [0.15, 0.2) is 0 Å². The van der Waals surface area contributed by atoms with E-state index in [1.54, 1.807) is 6.20 Å². The first-order valence-electron chi connectivity index (χ1n) is 8.78. The fourth-order valence-corrected chi connectivity index (χ4v) is 3.07. The fourth-order valence-electron chi connectivity index (χ4n) is 3.07. The highest BCUT2D eigenvalue weighted by atomic mass is 16.1. The largest absolute Gasteiger partial charge is 0.365 e. The smallest absolute Gasteiger partial charge is 0.268 e. The Kier molecular flexibility index (Phi) is 5.77. The van der Waals surface area contributed by atoms with E-state index in [1.165, 1.54) is 38.3 Å². The standard InChI is InChI=1S/C18H24N6O/c19-17(25)15-12-20-13-16(23-15)22-11-14-7-6-8-21-18(14)24-9-4-2-1-3-5-10-24/h6-8,12-13H,1-5,9-11H2,(H2,19,25)(H,22,23). The highest BCUT2D eigenvalue weighted by Gasteiger charge is 2.14. The number of nitrogens with zero attached hydrogens (tertiary/aromatic N) is 4. The monoisotopic (exact) mass is 340 g/mol. The highest BCUT2D eigenvalue weighted by molar-refractivity contribution is 5.90. The van der Waals surface area contributed by atoms with Gasteiger partial charge in [0.25, 0.3) is 5.91 Å². The zero-order valence-corrected chi connectivity index (χ0v) is 14.3. The van der Waals surface area contributed by atoms with Gasteiger partial charge >= 0.3 is 0 Å². The van der Waals surface area contributed by atoms with Gasteiger partial charge < -0.3 is 16.0 Å². The van der Waals surface area contributed by atoms with Crippen molar-refractivity contribution in [2.24, 2.45) is 5.73 Å². The van der Waals surface area contributed by atoms with Crippen LogP contribution in [0.1, 0.15) is 48.2 Å². The van der Waals surface area contributed by atoms with E-state index in [0.29, 0.717) is 12.4 Å². The molecule has 0 aliphatic carbocycles. The summed E-state index contributed by atoms with van der Waals surface area (Å²) >= 11 is 0. The topological polar surface area (TPSA) is 97.0 Å². The number of carbonyl (C=O) groups excluding carboxylic acids is 1. The number of carbonyl (C=O) groups is 1. The molecule has 7 heteroatoms. The van der Waals surface area contributed by atoms with Crippen LogP contribution in [0, 0.1) is 0 Å². The van der Waals surface area contributed by atoms with Gasteiger partial charge in [0.05, 0.1) is 12.4 Å². The van der Waals surface area contributed by atoms with Crippen molar-refractivity contribution in [3.63, 3.8) is 0 Å². The molecular weight excluding hydrogens is 316 g/mol. The summed E-state index contributed by atoms with van der Waals surface area (Å²) in [6.07, 6.45) is 11.1. The molecule has 3 heterocycles. The van der Waals surface area contributed by atoms with Crippen LogP contribution in [-0.4, -0.2) is 33.9 Å². The van der Waals surface area contributed by atoms with Gasteiger partial charge in [0, 0.05) is 31.4 Å². The average molecular weight is 340 g/mol. The third-order valence-corrected chi connectivity index (χ3v) is 4.37. The molecule has 1 fully saturated rings. The molecule has 0 atom stereocenters. The van der Waals surface area contributed by atoms with Crippen molar-refractivity contribution in [3.05, 3.63) is 42.0 Å². The van der Waals surface area contributed by atoms with Crippen molar-refractivity contribution in [1.29, 1.82) is 0 Å². The number of nitrogens with two attached hydrogens (primary N) is 1. The van der Waals surface area contributed by atoms with E-state index in [0.717, 1.165) is 24.5 Å². The molecule has 1 aliphatic rings. The Hall–Kier alpha value is -2.70. The molecule has 1 saturated heterocycles. The molecule has 7 nitrogen and oxygen atoms in total. The molecular formula is C18H24N6O. The lowest BCUT2D eigenvalue weighted by atomic mass is 10.1. The molecule has 0 unspecified atom stereocenters. The molecule has 1 aliphatic heterocycles. The number of nitrogens with one attached hydrogen (secondary N) is 1. The van der Waals surface area contributed by atoms with Crippen LogP contribution in [-0.2, 0) is 6.54 Å². The average Bonchev–Trinajstić information content (AvgIpc) is 2.60. The van der Waals surface area contributed by atoms with Gasteiger partial charge in [-0.3, -0.25) is 9.78 Å². The number of hydrogen-bond donors (Lipinski definition) is 2. The van der Waals surface area contributed by atoms with E-state index in [-0.39, 0.29) is 5.69 Å². The molecule has 0 aromatic carbocycles. The van der Waals surface area contributed by atoms with Crippen LogP contribution in [0.15, 0.2) is 30.7 Å². The number of aromatic nitrogens is 3. The van der Waals surface area contributed by atoms with E-state index in [2.05, 4.69) is 31.2 Å². The summed E-state index contributed by atoms with van der Waals surface area (Å²) in [6.45, 7) is 2.65. The number of rotatable bonds is 5. The number of primary amides is 1. The molecule has 2 aromatic heterocycles. The second kappa shape index (κ2) is 8.41. The van der Waals surface area contributed by atoms with Gasteiger partial charge in [0.2, 0.25) is 0 Å². The van der Waals surface area contributed by atoms with Crippen LogP contribution in [0.5, 0.6) is 0 Å². The molecule has 25 heavy (non-hydrogen) atoms. The van der Waals surface area contributed by atoms with Crippen LogP contribution in [0.2, 0.25) is 0 Å². The minimum absolute atomic E-state index is 0.153. The molecule has 0 bridgehead atoms. The highest BCUT2D eigenvalue weighted by Crippen LogP contribution is 2.21. The Labute approximate surface area is 147 Å².